The average Bonchev–Trinajstić information content (AvgIpc) is 2.86. The maximum absolute atomic E-state index is 10.4. The van der Waals surface area contributed by atoms with Crippen LogP contribution in [0.3, 0.4) is 0 Å². The molecule has 1 aliphatic carbocycles. The number of nitrogens with two attached hydrogens (primary N) is 1. The van der Waals surface area contributed by atoms with Crippen molar-refractivity contribution in [3.63, 3.8) is 0 Å². The Morgan fingerprint density at radius 3 is 2.84 bits per heavy atom. The van der Waals surface area contributed by atoms with E-state index in [1.807, 2.05) is 24.3 Å². The summed E-state index contributed by atoms with van der Waals surface area (Å²) >= 11 is 0. The van der Waals surface area contributed by atoms with Gasteiger partial charge in [-0.1, -0.05) is 12.8 Å². The van der Waals surface area contributed by atoms with Gasteiger partial charge in [-0.2, -0.15) is 0 Å². The van der Waals surface area contributed by atoms with Gasteiger partial charge in [-0.15, -0.1) is 0 Å². The van der Waals surface area contributed by atoms with Gasteiger partial charge in [-0.05, 0) is 37.1 Å². The lowest BCUT2D eigenvalue weighted by Gasteiger charge is -2.23. The molecular formula is C15H19N3O. The topological polar surface area (TPSA) is 71.2 Å². The summed E-state index contributed by atoms with van der Waals surface area (Å²) in [4.78, 5) is 4.31. The SMILES string of the molecule is Nc1ccc(NCC2(O)CCCC2)c2cccnc12. The van der Waals surface area contributed by atoms with Crippen molar-refractivity contribution in [3.05, 3.63) is 30.5 Å². The summed E-state index contributed by atoms with van der Waals surface area (Å²) in [6.45, 7) is 0.584. The number of anilines is 2. The van der Waals surface area contributed by atoms with E-state index in [0.29, 0.717) is 12.2 Å². The predicted octanol–water partition coefficient (Wildman–Crippen LogP) is 2.53. The Hall–Kier alpha value is -1.81. The number of aromatic nitrogens is 1. The van der Waals surface area contributed by atoms with Crippen molar-refractivity contribution < 1.29 is 5.11 Å². The van der Waals surface area contributed by atoms with Crippen LogP contribution in [0.1, 0.15) is 25.7 Å². The smallest absolute Gasteiger partial charge is 0.0951 e. The third kappa shape index (κ3) is 2.36. The third-order valence-corrected chi connectivity index (χ3v) is 3.94. The highest BCUT2D eigenvalue weighted by atomic mass is 16.3. The minimum absolute atomic E-state index is 0.560. The highest BCUT2D eigenvalue weighted by molar-refractivity contribution is 5.98. The molecule has 4 nitrogen and oxygen atoms in total. The van der Waals surface area contributed by atoms with Crippen LogP contribution in [0.25, 0.3) is 10.9 Å². The first-order valence-corrected chi connectivity index (χ1v) is 6.77. The van der Waals surface area contributed by atoms with Gasteiger partial charge in [0.05, 0.1) is 16.8 Å². The maximum atomic E-state index is 10.4. The van der Waals surface area contributed by atoms with E-state index in [-0.39, 0.29) is 0 Å². The molecule has 0 atom stereocenters. The molecular weight excluding hydrogens is 238 g/mol. The van der Waals surface area contributed by atoms with Crippen LogP contribution in [0.5, 0.6) is 0 Å². The second kappa shape index (κ2) is 4.70. The molecule has 0 radical (unpaired) electrons. The van der Waals surface area contributed by atoms with Crippen molar-refractivity contribution >= 4 is 22.3 Å². The highest BCUT2D eigenvalue weighted by Gasteiger charge is 2.30. The minimum atomic E-state index is -0.560. The molecule has 3 rings (SSSR count). The zero-order valence-corrected chi connectivity index (χ0v) is 10.9. The molecule has 100 valence electrons. The molecule has 0 aliphatic heterocycles. The fourth-order valence-electron chi connectivity index (χ4n) is 2.82. The Kier molecular flexibility index (Phi) is 3.03. The molecule has 19 heavy (non-hydrogen) atoms. The van der Waals surface area contributed by atoms with Gasteiger partial charge in [0.25, 0.3) is 0 Å². The first-order valence-electron chi connectivity index (χ1n) is 6.77. The minimum Gasteiger partial charge on any atom is -0.397 e. The van der Waals surface area contributed by atoms with Gasteiger partial charge in [0.1, 0.15) is 0 Å². The molecule has 0 amide bonds. The van der Waals surface area contributed by atoms with Crippen LogP contribution in [0, 0.1) is 0 Å². The zero-order chi connectivity index (χ0) is 13.3. The van der Waals surface area contributed by atoms with Crippen molar-refractivity contribution in [2.24, 2.45) is 0 Å². The number of aliphatic hydroxyl groups is 1. The molecule has 1 aliphatic rings. The van der Waals surface area contributed by atoms with Gasteiger partial charge < -0.3 is 16.2 Å². The standard InChI is InChI=1S/C15H19N3O/c16-12-5-6-13(11-4-3-9-17-14(11)12)18-10-15(19)7-1-2-8-15/h3-6,9,18-19H,1-2,7-8,10,16H2. The summed E-state index contributed by atoms with van der Waals surface area (Å²) in [5.74, 6) is 0. The monoisotopic (exact) mass is 257 g/mol. The lowest BCUT2D eigenvalue weighted by molar-refractivity contribution is 0.0615. The van der Waals surface area contributed by atoms with Crippen LogP contribution >= 0.6 is 0 Å². The van der Waals surface area contributed by atoms with Crippen molar-refractivity contribution in [2.75, 3.05) is 17.6 Å². The number of hydrogen-bond acceptors (Lipinski definition) is 4. The van der Waals surface area contributed by atoms with E-state index in [0.717, 1.165) is 42.3 Å². The van der Waals surface area contributed by atoms with E-state index in [2.05, 4.69) is 10.3 Å². The van der Waals surface area contributed by atoms with E-state index in [9.17, 15) is 5.11 Å². The van der Waals surface area contributed by atoms with Gasteiger partial charge in [0, 0.05) is 23.8 Å². The fraction of sp³-hybridized carbons (Fsp3) is 0.400. The summed E-state index contributed by atoms with van der Waals surface area (Å²) in [7, 11) is 0. The van der Waals surface area contributed by atoms with Gasteiger partial charge in [0.2, 0.25) is 0 Å². The van der Waals surface area contributed by atoms with Crippen LogP contribution in [0.2, 0.25) is 0 Å². The normalized spacial score (nSPS) is 17.7. The first kappa shape index (κ1) is 12.2. The van der Waals surface area contributed by atoms with Crippen LogP contribution in [-0.2, 0) is 0 Å². The highest BCUT2D eigenvalue weighted by Crippen LogP contribution is 2.31. The van der Waals surface area contributed by atoms with Crippen LogP contribution in [0.4, 0.5) is 11.4 Å². The Balaban J connectivity index is 1.87. The second-order valence-corrected chi connectivity index (χ2v) is 5.39. The molecule has 1 aromatic carbocycles. The molecule has 1 fully saturated rings. The van der Waals surface area contributed by atoms with Crippen LogP contribution in [-0.4, -0.2) is 22.2 Å². The number of nitrogen functional groups attached to an aromatic ring is 1. The van der Waals surface area contributed by atoms with Crippen molar-refractivity contribution in [2.45, 2.75) is 31.3 Å². The molecule has 1 aromatic heterocycles. The second-order valence-electron chi connectivity index (χ2n) is 5.39. The van der Waals surface area contributed by atoms with Gasteiger partial charge >= 0.3 is 0 Å². The lowest BCUT2D eigenvalue weighted by Crippen LogP contribution is -2.33. The number of fused-ring (bicyclic) bond motifs is 1. The molecule has 0 unspecified atom stereocenters. The summed E-state index contributed by atoms with van der Waals surface area (Å²) in [6.07, 6.45) is 5.73. The number of hydrogen-bond donors (Lipinski definition) is 3. The van der Waals surface area contributed by atoms with Crippen molar-refractivity contribution in [1.29, 1.82) is 0 Å². The quantitative estimate of drug-likeness (QED) is 0.739. The number of nitrogens with one attached hydrogen (secondary N) is 1. The number of pyridine rings is 1. The summed E-state index contributed by atoms with van der Waals surface area (Å²) in [5.41, 5.74) is 7.85. The zero-order valence-electron chi connectivity index (χ0n) is 10.9. The molecule has 1 saturated carbocycles. The largest absolute Gasteiger partial charge is 0.397 e. The van der Waals surface area contributed by atoms with Gasteiger partial charge in [0.15, 0.2) is 0 Å². The van der Waals surface area contributed by atoms with Gasteiger partial charge in [-0.25, -0.2) is 0 Å². The van der Waals surface area contributed by atoms with Crippen LogP contribution < -0.4 is 11.1 Å². The third-order valence-electron chi connectivity index (χ3n) is 3.94. The van der Waals surface area contributed by atoms with E-state index < -0.39 is 5.60 Å². The van der Waals surface area contributed by atoms with E-state index in [1.54, 1.807) is 6.20 Å². The molecule has 0 spiro atoms. The molecule has 4 heteroatoms. The Morgan fingerprint density at radius 1 is 1.26 bits per heavy atom. The van der Waals surface area contributed by atoms with Gasteiger partial charge in [-0.3, -0.25) is 4.98 Å². The van der Waals surface area contributed by atoms with E-state index in [4.69, 9.17) is 5.73 Å². The first-order chi connectivity index (χ1) is 9.18. The summed E-state index contributed by atoms with van der Waals surface area (Å²) in [6, 6.07) is 7.71. The number of benzene rings is 1. The van der Waals surface area contributed by atoms with E-state index in [1.165, 1.54) is 0 Å². The molecule has 1 heterocycles. The lowest BCUT2D eigenvalue weighted by atomic mass is 10.0. The van der Waals surface area contributed by atoms with Crippen LogP contribution in [0.15, 0.2) is 30.5 Å². The van der Waals surface area contributed by atoms with Crippen molar-refractivity contribution in [3.8, 4) is 0 Å². The molecule has 4 N–H and O–H groups in total. The summed E-state index contributed by atoms with van der Waals surface area (Å²) < 4.78 is 0. The predicted molar refractivity (Wildman–Crippen MR) is 78.1 cm³/mol. The Bertz CT molecular complexity index is 591. The number of nitrogens with zero attached hydrogens (tertiary/aromatic N) is 1. The molecule has 2 aromatic rings. The molecule has 0 saturated heterocycles. The Morgan fingerprint density at radius 2 is 2.05 bits per heavy atom. The Labute approximate surface area is 112 Å². The van der Waals surface area contributed by atoms with Crippen molar-refractivity contribution in [1.82, 2.24) is 4.98 Å². The maximum Gasteiger partial charge on any atom is 0.0951 e. The summed E-state index contributed by atoms with van der Waals surface area (Å²) in [5, 5.41) is 14.7. The fourth-order valence-corrected chi connectivity index (χ4v) is 2.82. The molecule has 0 bridgehead atoms. The number of rotatable bonds is 3. The average molecular weight is 257 g/mol. The van der Waals surface area contributed by atoms with E-state index >= 15 is 0 Å².